The molecular formula is C24H30N2O4. The van der Waals surface area contributed by atoms with Gasteiger partial charge in [0.2, 0.25) is 0 Å². The second kappa shape index (κ2) is 8.88. The van der Waals surface area contributed by atoms with Crippen molar-refractivity contribution >= 4 is 17.2 Å². The number of carbonyl (C=O) groups excluding carboxylic acids is 1. The number of amides is 1. The van der Waals surface area contributed by atoms with Gasteiger partial charge in [-0.1, -0.05) is 30.3 Å². The summed E-state index contributed by atoms with van der Waals surface area (Å²) in [5.41, 5.74) is 2.54. The minimum Gasteiger partial charge on any atom is -0.454 e. The topological polar surface area (TPSA) is 75.8 Å². The number of hydrogen-bond donors (Lipinski definition) is 1. The largest absolute Gasteiger partial charge is 0.454 e. The normalized spacial score (nSPS) is 13.8. The van der Waals surface area contributed by atoms with E-state index in [-0.39, 0.29) is 12.1 Å². The van der Waals surface area contributed by atoms with E-state index in [4.69, 9.17) is 9.15 Å². The summed E-state index contributed by atoms with van der Waals surface area (Å²) in [5.74, 6) is 0.748. The molecule has 2 heterocycles. The van der Waals surface area contributed by atoms with Crippen molar-refractivity contribution in [3.8, 4) is 11.3 Å². The van der Waals surface area contributed by atoms with Crippen LogP contribution >= 0.6 is 0 Å². The van der Waals surface area contributed by atoms with Gasteiger partial charge in [-0.2, -0.15) is 0 Å². The number of hydrogen-bond acceptors (Lipinski definition) is 5. The minimum atomic E-state index is -0.693. The van der Waals surface area contributed by atoms with Crippen LogP contribution in [-0.4, -0.2) is 39.8 Å². The van der Waals surface area contributed by atoms with E-state index in [1.54, 1.807) is 18.1 Å². The Morgan fingerprint density at radius 1 is 1.20 bits per heavy atom. The van der Waals surface area contributed by atoms with Crippen LogP contribution in [0, 0.1) is 0 Å². The first-order chi connectivity index (χ1) is 14.1. The number of aliphatic hydroxyl groups excluding tert-OH is 1. The van der Waals surface area contributed by atoms with Crippen molar-refractivity contribution in [2.24, 2.45) is 0 Å². The highest BCUT2D eigenvalue weighted by Gasteiger charge is 2.23. The van der Waals surface area contributed by atoms with Gasteiger partial charge in [0.1, 0.15) is 16.9 Å². The summed E-state index contributed by atoms with van der Waals surface area (Å²) >= 11 is 0. The minimum absolute atomic E-state index is 0.0699. The molecule has 0 aliphatic heterocycles. The smallest absolute Gasteiger partial charge is 0.410 e. The van der Waals surface area contributed by atoms with Crippen molar-refractivity contribution in [2.45, 2.75) is 58.3 Å². The Kier molecular flexibility index (Phi) is 6.46. The fourth-order valence-electron chi connectivity index (χ4n) is 3.13. The average Bonchev–Trinajstić information content (AvgIpc) is 3.14. The molecular weight excluding hydrogens is 380 g/mol. The highest BCUT2D eigenvalue weighted by molar-refractivity contribution is 5.79. The highest BCUT2D eigenvalue weighted by atomic mass is 16.6. The second-order valence-corrected chi connectivity index (χ2v) is 8.66. The van der Waals surface area contributed by atoms with Gasteiger partial charge in [-0.05, 0) is 46.6 Å². The molecule has 0 bridgehead atoms. The molecule has 0 spiro atoms. The number of pyridine rings is 1. The zero-order chi connectivity index (χ0) is 21.9. The predicted molar refractivity (Wildman–Crippen MR) is 117 cm³/mol. The average molecular weight is 411 g/mol. The van der Waals surface area contributed by atoms with Gasteiger partial charge in [0.25, 0.3) is 0 Å². The molecule has 30 heavy (non-hydrogen) atoms. The van der Waals surface area contributed by atoms with E-state index in [2.05, 4.69) is 4.98 Å². The standard InChI is InChI=1S/C24H30N2O4/c1-16(26(5)23(28)30-24(2,3)4)11-12-20(27)18-13-22-19(25-15-18)14-21(29-22)17-9-7-6-8-10-17/h6-10,13-16,20,27H,11-12H2,1-5H3. The molecule has 1 aromatic carbocycles. The lowest BCUT2D eigenvalue weighted by Gasteiger charge is -2.29. The predicted octanol–water partition coefficient (Wildman–Crippen LogP) is 5.56. The van der Waals surface area contributed by atoms with E-state index in [0.717, 1.165) is 16.8 Å². The number of aromatic nitrogens is 1. The van der Waals surface area contributed by atoms with Crippen molar-refractivity contribution in [2.75, 3.05) is 7.05 Å². The fraction of sp³-hybridized carbons (Fsp3) is 0.417. The van der Waals surface area contributed by atoms with Crippen LogP contribution in [0.2, 0.25) is 0 Å². The van der Waals surface area contributed by atoms with Crippen LogP contribution in [0.25, 0.3) is 22.4 Å². The molecule has 0 aliphatic rings. The molecule has 0 saturated heterocycles. The van der Waals surface area contributed by atoms with E-state index in [1.807, 2.05) is 70.2 Å². The molecule has 3 aromatic rings. The highest BCUT2D eigenvalue weighted by Crippen LogP contribution is 2.29. The maximum Gasteiger partial charge on any atom is 0.410 e. The molecule has 6 nitrogen and oxygen atoms in total. The Morgan fingerprint density at radius 3 is 2.57 bits per heavy atom. The maximum absolute atomic E-state index is 12.2. The molecule has 3 rings (SSSR count). The number of aliphatic hydroxyl groups is 1. The van der Waals surface area contributed by atoms with Gasteiger partial charge in [0, 0.05) is 36.5 Å². The molecule has 1 amide bonds. The van der Waals surface area contributed by atoms with E-state index in [0.29, 0.717) is 24.0 Å². The molecule has 160 valence electrons. The van der Waals surface area contributed by atoms with Crippen LogP contribution in [0.1, 0.15) is 52.2 Å². The first-order valence-corrected chi connectivity index (χ1v) is 10.2. The SMILES string of the molecule is CC(CCC(O)c1cnc2cc(-c3ccccc3)oc2c1)N(C)C(=O)OC(C)(C)C. The van der Waals surface area contributed by atoms with Crippen LogP contribution < -0.4 is 0 Å². The van der Waals surface area contributed by atoms with Crippen LogP contribution in [0.4, 0.5) is 4.79 Å². The third kappa shape index (κ3) is 5.39. The molecule has 0 radical (unpaired) electrons. The van der Waals surface area contributed by atoms with Crippen LogP contribution in [0.5, 0.6) is 0 Å². The monoisotopic (exact) mass is 410 g/mol. The maximum atomic E-state index is 12.2. The summed E-state index contributed by atoms with van der Waals surface area (Å²) < 4.78 is 11.3. The molecule has 0 aliphatic carbocycles. The van der Waals surface area contributed by atoms with E-state index >= 15 is 0 Å². The first kappa shape index (κ1) is 21.8. The van der Waals surface area contributed by atoms with Crippen molar-refractivity contribution in [1.82, 2.24) is 9.88 Å². The van der Waals surface area contributed by atoms with Gasteiger partial charge in [-0.15, -0.1) is 0 Å². The summed E-state index contributed by atoms with van der Waals surface area (Å²) in [4.78, 5) is 18.2. The van der Waals surface area contributed by atoms with Crippen molar-refractivity contribution in [3.63, 3.8) is 0 Å². The molecule has 2 atom stereocenters. The quantitative estimate of drug-likeness (QED) is 0.575. The van der Waals surface area contributed by atoms with Gasteiger partial charge in [0.15, 0.2) is 5.58 Å². The molecule has 2 aromatic heterocycles. The van der Waals surface area contributed by atoms with E-state index in [9.17, 15) is 9.90 Å². The summed E-state index contributed by atoms with van der Waals surface area (Å²) in [7, 11) is 1.71. The lowest BCUT2D eigenvalue weighted by atomic mass is 10.0. The van der Waals surface area contributed by atoms with E-state index < -0.39 is 11.7 Å². The van der Waals surface area contributed by atoms with Gasteiger partial charge in [-0.25, -0.2) is 4.79 Å². The van der Waals surface area contributed by atoms with Crippen molar-refractivity contribution in [3.05, 3.63) is 54.2 Å². The molecule has 6 heteroatoms. The Morgan fingerprint density at radius 2 is 1.90 bits per heavy atom. The van der Waals surface area contributed by atoms with Gasteiger partial charge in [0.05, 0.1) is 6.10 Å². The van der Waals surface area contributed by atoms with Gasteiger partial charge >= 0.3 is 6.09 Å². The second-order valence-electron chi connectivity index (χ2n) is 8.66. The molecule has 0 saturated carbocycles. The number of fused-ring (bicyclic) bond motifs is 1. The Bertz CT molecular complexity index is 991. The van der Waals surface area contributed by atoms with Gasteiger partial charge in [-0.3, -0.25) is 4.98 Å². The number of carbonyl (C=O) groups is 1. The van der Waals surface area contributed by atoms with Crippen molar-refractivity contribution in [1.29, 1.82) is 0 Å². The Hall–Kier alpha value is -2.86. The third-order valence-electron chi connectivity index (χ3n) is 5.03. The zero-order valence-corrected chi connectivity index (χ0v) is 18.3. The summed E-state index contributed by atoms with van der Waals surface area (Å²) in [6.45, 7) is 7.47. The number of ether oxygens (including phenoxy) is 1. The van der Waals surface area contributed by atoms with Crippen LogP contribution in [0.15, 0.2) is 53.1 Å². The first-order valence-electron chi connectivity index (χ1n) is 10.2. The van der Waals surface area contributed by atoms with Crippen LogP contribution in [0.3, 0.4) is 0 Å². The number of nitrogens with zero attached hydrogens (tertiary/aromatic N) is 2. The third-order valence-corrected chi connectivity index (χ3v) is 5.03. The zero-order valence-electron chi connectivity index (χ0n) is 18.3. The summed E-state index contributed by atoms with van der Waals surface area (Å²) in [6, 6.07) is 13.5. The van der Waals surface area contributed by atoms with Gasteiger partial charge < -0.3 is 19.2 Å². The fourth-order valence-corrected chi connectivity index (χ4v) is 3.13. The van der Waals surface area contributed by atoms with Crippen LogP contribution in [-0.2, 0) is 4.74 Å². The number of benzene rings is 1. The lowest BCUT2D eigenvalue weighted by molar-refractivity contribution is 0.0215. The summed E-state index contributed by atoms with van der Waals surface area (Å²) in [5, 5.41) is 10.6. The van der Waals surface area contributed by atoms with E-state index in [1.165, 1.54) is 0 Å². The number of furan rings is 1. The Balaban J connectivity index is 1.64. The Labute approximate surface area is 177 Å². The summed E-state index contributed by atoms with van der Waals surface area (Å²) in [6.07, 6.45) is 1.74. The number of rotatable bonds is 6. The van der Waals surface area contributed by atoms with Crippen molar-refractivity contribution < 1.29 is 19.1 Å². The lowest BCUT2D eigenvalue weighted by Crippen LogP contribution is -2.39. The molecule has 1 N–H and O–H groups in total. The molecule has 0 fully saturated rings. The molecule has 2 unspecified atom stereocenters.